The van der Waals surface area contributed by atoms with Gasteiger partial charge in [0.25, 0.3) is 0 Å². The second kappa shape index (κ2) is 4.96. The molecule has 0 radical (unpaired) electrons. The lowest BCUT2D eigenvalue weighted by Gasteiger charge is -2.06. The number of hydrogen-bond acceptors (Lipinski definition) is 3. The Morgan fingerprint density at radius 1 is 1.04 bits per heavy atom. The zero-order valence-corrected chi connectivity index (χ0v) is 12.6. The smallest absolute Gasteiger partial charge is 0.183 e. The number of rotatable bonds is 1. The van der Waals surface area contributed by atoms with E-state index in [0.29, 0.717) is 33.3 Å². The van der Waals surface area contributed by atoms with Gasteiger partial charge in [-0.05, 0) is 19.1 Å². The number of aryl methyl sites for hydroxylation is 1. The van der Waals surface area contributed by atoms with Crippen LogP contribution >= 0.6 is 11.6 Å². The molecule has 2 heterocycles. The topological polar surface area (TPSA) is 43.1 Å². The van der Waals surface area contributed by atoms with Gasteiger partial charge in [0, 0.05) is 17.7 Å². The Labute approximate surface area is 134 Å². The van der Waals surface area contributed by atoms with Crippen LogP contribution in [0, 0.1) is 18.6 Å². The summed E-state index contributed by atoms with van der Waals surface area (Å²) in [7, 11) is 0. The fraction of sp³-hybridized carbons (Fsp3) is 0.0625. The van der Waals surface area contributed by atoms with Gasteiger partial charge in [0.15, 0.2) is 17.3 Å². The molecule has 4 nitrogen and oxygen atoms in total. The van der Waals surface area contributed by atoms with Crippen molar-refractivity contribution in [2.45, 2.75) is 6.92 Å². The second-order valence-electron chi connectivity index (χ2n) is 5.11. The van der Waals surface area contributed by atoms with Gasteiger partial charge >= 0.3 is 0 Å². The molecule has 2 aromatic heterocycles. The van der Waals surface area contributed by atoms with E-state index in [0.717, 1.165) is 12.1 Å². The molecule has 4 aromatic rings. The lowest BCUT2D eigenvalue weighted by atomic mass is 10.2. The van der Waals surface area contributed by atoms with Crippen LogP contribution in [-0.2, 0) is 0 Å². The van der Waals surface area contributed by atoms with Crippen molar-refractivity contribution in [3.05, 3.63) is 58.7 Å². The molecule has 2 aromatic carbocycles. The Morgan fingerprint density at radius 2 is 1.78 bits per heavy atom. The van der Waals surface area contributed by atoms with Gasteiger partial charge in [-0.3, -0.25) is 4.40 Å². The maximum atomic E-state index is 13.7. The molecule has 0 atom stereocenters. The third kappa shape index (κ3) is 2.06. The molecule has 0 fully saturated rings. The summed E-state index contributed by atoms with van der Waals surface area (Å²) in [5.41, 5.74) is 2.39. The zero-order valence-electron chi connectivity index (χ0n) is 11.9. The van der Waals surface area contributed by atoms with Crippen LogP contribution in [0.2, 0.25) is 5.02 Å². The summed E-state index contributed by atoms with van der Waals surface area (Å²) < 4.78 is 28.8. The van der Waals surface area contributed by atoms with Crippen molar-refractivity contribution < 1.29 is 8.78 Å². The molecule has 0 aliphatic rings. The van der Waals surface area contributed by atoms with Crippen molar-refractivity contribution >= 4 is 28.3 Å². The highest BCUT2D eigenvalue weighted by atomic mass is 35.5. The van der Waals surface area contributed by atoms with Crippen molar-refractivity contribution in [1.29, 1.82) is 0 Å². The minimum atomic E-state index is -0.970. The lowest BCUT2D eigenvalue weighted by Crippen LogP contribution is -1.99. The van der Waals surface area contributed by atoms with E-state index in [4.69, 9.17) is 11.6 Å². The second-order valence-corrected chi connectivity index (χ2v) is 5.52. The Hall–Kier alpha value is -2.60. The Balaban J connectivity index is 2.19. The molecule has 0 saturated carbocycles. The summed E-state index contributed by atoms with van der Waals surface area (Å²) in [5.74, 6) is -1.42. The summed E-state index contributed by atoms with van der Waals surface area (Å²) in [6.45, 7) is 1.77. The number of aromatic nitrogens is 4. The van der Waals surface area contributed by atoms with Gasteiger partial charge in [0.05, 0.1) is 16.2 Å². The van der Waals surface area contributed by atoms with E-state index in [1.54, 1.807) is 23.5 Å². The number of halogens is 3. The van der Waals surface area contributed by atoms with Crippen LogP contribution in [0.15, 0.2) is 36.4 Å². The molecule has 0 spiro atoms. The first-order chi connectivity index (χ1) is 11.1. The van der Waals surface area contributed by atoms with Crippen molar-refractivity contribution in [1.82, 2.24) is 19.6 Å². The minimum absolute atomic E-state index is 0.238. The Morgan fingerprint density at radius 3 is 2.57 bits per heavy atom. The van der Waals surface area contributed by atoms with E-state index in [2.05, 4.69) is 15.2 Å². The van der Waals surface area contributed by atoms with Gasteiger partial charge in [-0.15, -0.1) is 10.2 Å². The predicted molar refractivity (Wildman–Crippen MR) is 83.4 cm³/mol. The van der Waals surface area contributed by atoms with E-state index in [-0.39, 0.29) is 5.52 Å². The molecular formula is C16H9ClF2N4. The van der Waals surface area contributed by atoms with E-state index in [1.165, 1.54) is 0 Å². The number of benzene rings is 2. The highest BCUT2D eigenvalue weighted by molar-refractivity contribution is 6.33. The summed E-state index contributed by atoms with van der Waals surface area (Å²) >= 11 is 6.25. The Bertz CT molecular complexity index is 1070. The highest BCUT2D eigenvalue weighted by Crippen LogP contribution is 2.30. The monoisotopic (exact) mass is 330 g/mol. The molecule has 0 aliphatic heterocycles. The van der Waals surface area contributed by atoms with Crippen LogP contribution in [0.5, 0.6) is 0 Å². The number of fused-ring (bicyclic) bond motifs is 3. The first-order valence-corrected chi connectivity index (χ1v) is 7.19. The molecule has 7 heteroatoms. The Kier molecular flexibility index (Phi) is 3.02. The maximum absolute atomic E-state index is 13.7. The average molecular weight is 331 g/mol. The number of nitrogens with zero attached hydrogens (tertiary/aromatic N) is 4. The molecule has 4 rings (SSSR count). The third-order valence-electron chi connectivity index (χ3n) is 3.65. The molecule has 0 saturated heterocycles. The standard InChI is InChI=1S/C16H9ClF2N4/c1-8-15-22-21-13-6-11(18)12(19)7-14(13)23(15)16(20-8)9-4-2-3-5-10(9)17/h2-7H,1H3. The largest absolute Gasteiger partial charge is 0.273 e. The predicted octanol–water partition coefficient (Wildman–Crippen LogP) is 4.18. The van der Waals surface area contributed by atoms with Gasteiger partial charge in [0.1, 0.15) is 11.3 Å². The summed E-state index contributed by atoms with van der Waals surface area (Å²) in [6, 6.07) is 9.29. The zero-order chi connectivity index (χ0) is 16.1. The van der Waals surface area contributed by atoms with E-state index in [1.807, 2.05) is 12.1 Å². The number of hydrogen-bond donors (Lipinski definition) is 0. The normalized spacial score (nSPS) is 11.5. The van der Waals surface area contributed by atoms with Crippen LogP contribution < -0.4 is 0 Å². The van der Waals surface area contributed by atoms with Gasteiger partial charge in [-0.25, -0.2) is 13.8 Å². The molecule has 0 aliphatic carbocycles. The van der Waals surface area contributed by atoms with E-state index < -0.39 is 11.6 Å². The summed E-state index contributed by atoms with van der Waals surface area (Å²) in [6.07, 6.45) is 0. The lowest BCUT2D eigenvalue weighted by molar-refractivity contribution is 0.510. The van der Waals surface area contributed by atoms with Crippen molar-refractivity contribution in [2.75, 3.05) is 0 Å². The number of imidazole rings is 1. The first-order valence-electron chi connectivity index (χ1n) is 6.81. The molecule has 23 heavy (non-hydrogen) atoms. The highest BCUT2D eigenvalue weighted by Gasteiger charge is 2.18. The molecule has 0 N–H and O–H groups in total. The summed E-state index contributed by atoms with van der Waals surface area (Å²) in [4.78, 5) is 4.48. The maximum Gasteiger partial charge on any atom is 0.183 e. The average Bonchev–Trinajstić information content (AvgIpc) is 2.86. The first kappa shape index (κ1) is 14.0. The van der Waals surface area contributed by atoms with Crippen LogP contribution in [0.3, 0.4) is 0 Å². The minimum Gasteiger partial charge on any atom is -0.273 e. The molecule has 114 valence electrons. The third-order valence-corrected chi connectivity index (χ3v) is 3.98. The van der Waals surface area contributed by atoms with Crippen molar-refractivity contribution in [3.8, 4) is 11.4 Å². The van der Waals surface area contributed by atoms with Gasteiger partial charge < -0.3 is 0 Å². The van der Waals surface area contributed by atoms with Crippen LogP contribution in [0.25, 0.3) is 28.1 Å². The quantitative estimate of drug-likeness (QED) is 0.525. The van der Waals surface area contributed by atoms with Gasteiger partial charge in [0.2, 0.25) is 0 Å². The van der Waals surface area contributed by atoms with Crippen LogP contribution in [0.1, 0.15) is 5.69 Å². The molecule has 0 unspecified atom stereocenters. The molecule has 0 amide bonds. The van der Waals surface area contributed by atoms with Crippen molar-refractivity contribution in [2.24, 2.45) is 0 Å². The van der Waals surface area contributed by atoms with Gasteiger partial charge in [-0.1, -0.05) is 23.7 Å². The van der Waals surface area contributed by atoms with Crippen LogP contribution in [0.4, 0.5) is 8.78 Å². The van der Waals surface area contributed by atoms with E-state index in [9.17, 15) is 8.78 Å². The fourth-order valence-electron chi connectivity index (χ4n) is 2.58. The summed E-state index contributed by atoms with van der Waals surface area (Å²) in [5, 5.41) is 8.53. The fourth-order valence-corrected chi connectivity index (χ4v) is 2.80. The van der Waals surface area contributed by atoms with Gasteiger partial charge in [-0.2, -0.15) is 0 Å². The molecular weight excluding hydrogens is 322 g/mol. The van der Waals surface area contributed by atoms with E-state index >= 15 is 0 Å². The van der Waals surface area contributed by atoms with Crippen molar-refractivity contribution in [3.63, 3.8) is 0 Å². The molecule has 0 bridgehead atoms. The van der Waals surface area contributed by atoms with Crippen LogP contribution in [-0.4, -0.2) is 19.6 Å². The SMILES string of the molecule is Cc1nc(-c2ccccc2Cl)n2c1nnc1cc(F)c(F)cc12.